The Bertz CT molecular complexity index is 479. The van der Waals surface area contributed by atoms with E-state index in [0.717, 1.165) is 28.4 Å². The summed E-state index contributed by atoms with van der Waals surface area (Å²) in [7, 11) is 0. The number of benzene rings is 1. The SMILES string of the molecule is Cc1ccc2nc(SCCC(C)O)[nH]c2c1. The van der Waals surface area contributed by atoms with Crippen molar-refractivity contribution in [3.63, 3.8) is 0 Å². The topological polar surface area (TPSA) is 48.9 Å². The van der Waals surface area contributed by atoms with Crippen molar-refractivity contribution in [1.82, 2.24) is 9.97 Å². The molecule has 0 saturated heterocycles. The molecule has 0 spiro atoms. The Labute approximate surface area is 99.3 Å². The van der Waals surface area contributed by atoms with Gasteiger partial charge < -0.3 is 10.1 Å². The Morgan fingerprint density at radius 1 is 1.50 bits per heavy atom. The van der Waals surface area contributed by atoms with Crippen LogP contribution in [0, 0.1) is 6.92 Å². The standard InChI is InChI=1S/C12H16N2OS/c1-8-3-4-10-11(7-8)14-12(13-10)16-6-5-9(2)15/h3-4,7,9,15H,5-6H2,1-2H3,(H,13,14). The molecule has 3 nitrogen and oxygen atoms in total. The third kappa shape index (κ3) is 2.77. The molecule has 0 bridgehead atoms. The fourth-order valence-electron chi connectivity index (χ4n) is 1.49. The van der Waals surface area contributed by atoms with Crippen LogP contribution >= 0.6 is 11.8 Å². The zero-order valence-corrected chi connectivity index (χ0v) is 10.3. The summed E-state index contributed by atoms with van der Waals surface area (Å²) < 4.78 is 0. The van der Waals surface area contributed by atoms with E-state index in [4.69, 9.17) is 5.11 Å². The number of aromatic amines is 1. The minimum atomic E-state index is -0.237. The molecule has 0 amide bonds. The molecule has 86 valence electrons. The highest BCUT2D eigenvalue weighted by Gasteiger charge is 2.04. The molecule has 2 N–H and O–H groups in total. The first-order valence-electron chi connectivity index (χ1n) is 5.42. The summed E-state index contributed by atoms with van der Waals surface area (Å²) in [6, 6.07) is 6.19. The predicted octanol–water partition coefficient (Wildman–Crippen LogP) is 2.73. The van der Waals surface area contributed by atoms with E-state index >= 15 is 0 Å². The highest BCUT2D eigenvalue weighted by Crippen LogP contribution is 2.21. The molecule has 0 aliphatic rings. The average molecular weight is 236 g/mol. The second-order valence-electron chi connectivity index (χ2n) is 4.05. The number of aromatic nitrogens is 2. The van der Waals surface area contributed by atoms with Crippen LogP contribution in [-0.2, 0) is 0 Å². The fraction of sp³-hybridized carbons (Fsp3) is 0.417. The van der Waals surface area contributed by atoms with Crippen LogP contribution in [0.3, 0.4) is 0 Å². The molecule has 0 aliphatic carbocycles. The lowest BCUT2D eigenvalue weighted by Crippen LogP contribution is -2.00. The molecule has 0 saturated carbocycles. The monoisotopic (exact) mass is 236 g/mol. The number of nitrogens with one attached hydrogen (secondary N) is 1. The summed E-state index contributed by atoms with van der Waals surface area (Å²) in [6.45, 7) is 3.88. The van der Waals surface area contributed by atoms with Gasteiger partial charge in [0.05, 0.1) is 17.1 Å². The number of nitrogens with zero attached hydrogens (tertiary/aromatic N) is 1. The lowest BCUT2D eigenvalue weighted by Gasteiger charge is -2.00. The second kappa shape index (κ2) is 4.89. The number of aliphatic hydroxyl groups excluding tert-OH is 1. The molecule has 1 unspecified atom stereocenters. The van der Waals surface area contributed by atoms with Crippen molar-refractivity contribution in [2.24, 2.45) is 0 Å². The molecule has 1 aromatic carbocycles. The maximum Gasteiger partial charge on any atom is 0.166 e. The molecule has 0 fully saturated rings. The van der Waals surface area contributed by atoms with Gasteiger partial charge in [-0.05, 0) is 38.0 Å². The van der Waals surface area contributed by atoms with E-state index in [9.17, 15) is 0 Å². The summed E-state index contributed by atoms with van der Waals surface area (Å²) in [6.07, 6.45) is 0.555. The molecule has 1 aromatic heterocycles. The summed E-state index contributed by atoms with van der Waals surface area (Å²) in [5.74, 6) is 0.885. The number of fused-ring (bicyclic) bond motifs is 1. The third-order valence-electron chi connectivity index (χ3n) is 2.39. The van der Waals surface area contributed by atoms with E-state index in [1.54, 1.807) is 11.8 Å². The molecule has 2 rings (SSSR count). The van der Waals surface area contributed by atoms with Gasteiger partial charge in [0.1, 0.15) is 0 Å². The van der Waals surface area contributed by atoms with Gasteiger partial charge >= 0.3 is 0 Å². The fourth-order valence-corrected chi connectivity index (χ4v) is 2.49. The van der Waals surface area contributed by atoms with Gasteiger partial charge in [-0.25, -0.2) is 4.98 Å². The van der Waals surface area contributed by atoms with Gasteiger partial charge in [0, 0.05) is 5.75 Å². The molecule has 16 heavy (non-hydrogen) atoms. The second-order valence-corrected chi connectivity index (χ2v) is 5.13. The van der Waals surface area contributed by atoms with Crippen molar-refractivity contribution in [3.8, 4) is 0 Å². The third-order valence-corrected chi connectivity index (χ3v) is 3.30. The van der Waals surface area contributed by atoms with Crippen LogP contribution in [0.15, 0.2) is 23.4 Å². The first kappa shape index (κ1) is 11.5. The number of rotatable bonds is 4. The van der Waals surface area contributed by atoms with Gasteiger partial charge in [-0.15, -0.1) is 0 Å². The van der Waals surface area contributed by atoms with E-state index < -0.39 is 0 Å². The first-order valence-corrected chi connectivity index (χ1v) is 6.41. The minimum absolute atomic E-state index is 0.237. The van der Waals surface area contributed by atoms with Crippen LogP contribution in [-0.4, -0.2) is 26.9 Å². The molecular formula is C12H16N2OS. The average Bonchev–Trinajstić information content (AvgIpc) is 2.58. The highest BCUT2D eigenvalue weighted by molar-refractivity contribution is 7.99. The van der Waals surface area contributed by atoms with Crippen molar-refractivity contribution in [3.05, 3.63) is 23.8 Å². The largest absolute Gasteiger partial charge is 0.393 e. The zero-order chi connectivity index (χ0) is 11.5. The van der Waals surface area contributed by atoms with Crippen molar-refractivity contribution >= 4 is 22.8 Å². The van der Waals surface area contributed by atoms with Crippen molar-refractivity contribution < 1.29 is 5.11 Å². The number of hydrogen-bond donors (Lipinski definition) is 2. The number of thioether (sulfide) groups is 1. The Morgan fingerprint density at radius 3 is 3.06 bits per heavy atom. The lowest BCUT2D eigenvalue weighted by atomic mass is 10.2. The number of imidazole rings is 1. The highest BCUT2D eigenvalue weighted by atomic mass is 32.2. The molecule has 0 radical (unpaired) electrons. The Hall–Kier alpha value is -1.00. The minimum Gasteiger partial charge on any atom is -0.393 e. The zero-order valence-electron chi connectivity index (χ0n) is 9.53. The van der Waals surface area contributed by atoms with Gasteiger partial charge in [0.2, 0.25) is 0 Å². The molecule has 1 atom stereocenters. The maximum atomic E-state index is 9.16. The van der Waals surface area contributed by atoms with E-state index in [0.29, 0.717) is 0 Å². The van der Waals surface area contributed by atoms with Crippen molar-refractivity contribution in [2.45, 2.75) is 31.5 Å². The van der Waals surface area contributed by atoms with Gasteiger partial charge in [-0.3, -0.25) is 0 Å². The number of H-pyrrole nitrogens is 1. The van der Waals surface area contributed by atoms with Crippen molar-refractivity contribution in [2.75, 3.05) is 5.75 Å². The quantitative estimate of drug-likeness (QED) is 0.802. The van der Waals surface area contributed by atoms with E-state index in [1.807, 2.05) is 13.0 Å². The summed E-state index contributed by atoms with van der Waals surface area (Å²) >= 11 is 1.65. The van der Waals surface area contributed by atoms with Crippen LogP contribution in [0.5, 0.6) is 0 Å². The number of aliphatic hydroxyl groups is 1. The maximum absolute atomic E-state index is 9.16. The Morgan fingerprint density at radius 2 is 2.31 bits per heavy atom. The van der Waals surface area contributed by atoms with E-state index in [2.05, 4.69) is 29.0 Å². The molecule has 4 heteroatoms. The number of aryl methyl sites for hydroxylation is 1. The first-order chi connectivity index (χ1) is 7.65. The van der Waals surface area contributed by atoms with Crippen molar-refractivity contribution in [1.29, 1.82) is 0 Å². The molecule has 2 aromatic rings. The van der Waals surface area contributed by atoms with Gasteiger partial charge in [-0.1, -0.05) is 17.8 Å². The van der Waals surface area contributed by atoms with Gasteiger partial charge in [0.15, 0.2) is 5.16 Å². The normalized spacial score (nSPS) is 13.2. The lowest BCUT2D eigenvalue weighted by molar-refractivity contribution is 0.192. The predicted molar refractivity (Wildman–Crippen MR) is 67.9 cm³/mol. The molecular weight excluding hydrogens is 220 g/mol. The Balaban J connectivity index is 2.08. The van der Waals surface area contributed by atoms with Crippen LogP contribution in [0.1, 0.15) is 18.9 Å². The number of hydrogen-bond acceptors (Lipinski definition) is 3. The Kier molecular flexibility index (Phi) is 3.51. The van der Waals surface area contributed by atoms with Crippen LogP contribution in [0.4, 0.5) is 0 Å². The van der Waals surface area contributed by atoms with Crippen LogP contribution in [0.25, 0.3) is 11.0 Å². The van der Waals surface area contributed by atoms with Crippen LogP contribution in [0.2, 0.25) is 0 Å². The summed E-state index contributed by atoms with van der Waals surface area (Å²) in [5, 5.41) is 10.1. The van der Waals surface area contributed by atoms with E-state index in [-0.39, 0.29) is 6.10 Å². The van der Waals surface area contributed by atoms with Crippen LogP contribution < -0.4 is 0 Å². The van der Waals surface area contributed by atoms with Gasteiger partial charge in [-0.2, -0.15) is 0 Å². The summed E-state index contributed by atoms with van der Waals surface area (Å²) in [5.41, 5.74) is 3.32. The van der Waals surface area contributed by atoms with E-state index in [1.165, 1.54) is 5.56 Å². The summed E-state index contributed by atoms with van der Waals surface area (Å²) in [4.78, 5) is 7.76. The van der Waals surface area contributed by atoms with Gasteiger partial charge in [0.25, 0.3) is 0 Å². The molecule has 0 aliphatic heterocycles. The smallest absolute Gasteiger partial charge is 0.166 e. The molecule has 1 heterocycles.